The molecule has 0 bridgehead atoms. The van der Waals surface area contributed by atoms with Crippen LogP contribution in [0, 0.1) is 0 Å². The first kappa shape index (κ1) is 22.4. The molecule has 1 aliphatic heterocycles. The second kappa shape index (κ2) is 10.1. The van der Waals surface area contributed by atoms with Crippen LogP contribution in [0.3, 0.4) is 0 Å². The fourth-order valence-corrected chi connectivity index (χ4v) is 4.45. The Bertz CT molecular complexity index is 731. The van der Waals surface area contributed by atoms with Gasteiger partial charge in [0.1, 0.15) is 11.8 Å². The van der Waals surface area contributed by atoms with E-state index in [-0.39, 0.29) is 5.91 Å². The molecule has 1 N–H and O–H groups in total. The number of rotatable bonds is 9. The second-order valence-electron chi connectivity index (χ2n) is 7.22. The van der Waals surface area contributed by atoms with E-state index >= 15 is 0 Å². The number of anilines is 1. The van der Waals surface area contributed by atoms with Crippen LogP contribution in [-0.4, -0.2) is 89.8 Å². The van der Waals surface area contributed by atoms with Gasteiger partial charge in [0.25, 0.3) is 0 Å². The van der Waals surface area contributed by atoms with Crippen LogP contribution in [0.5, 0.6) is 5.75 Å². The molecule has 158 valence electrons. The van der Waals surface area contributed by atoms with Gasteiger partial charge in [-0.15, -0.1) is 0 Å². The topological polar surface area (TPSA) is 82.2 Å². The number of methoxy groups -OCH3 is 1. The first-order valence-electron chi connectivity index (χ1n) is 9.54. The standard InChI is InChI=1S/C19H32N4O4S/c1-16(19(24)20-10-5-11-22-14-12-21(2)13-15-22)23(28(4,25)26)17-6-8-18(27-3)9-7-17/h6-9,16H,5,10-15H2,1-4H3,(H,20,24)/t16-/m1/s1. The van der Waals surface area contributed by atoms with Crippen LogP contribution in [0.1, 0.15) is 13.3 Å². The van der Waals surface area contributed by atoms with Crippen molar-refractivity contribution in [2.75, 3.05) is 64.0 Å². The molecule has 2 rings (SSSR count). The van der Waals surface area contributed by atoms with Crippen molar-refractivity contribution in [1.29, 1.82) is 0 Å². The Morgan fingerprint density at radius 2 is 1.82 bits per heavy atom. The second-order valence-corrected chi connectivity index (χ2v) is 9.08. The van der Waals surface area contributed by atoms with E-state index in [1.807, 2.05) is 0 Å². The number of nitrogens with one attached hydrogen (secondary N) is 1. The van der Waals surface area contributed by atoms with Crippen LogP contribution < -0.4 is 14.4 Å². The third kappa shape index (κ3) is 6.35. The lowest BCUT2D eigenvalue weighted by atomic mass is 10.2. The van der Waals surface area contributed by atoms with E-state index in [0.717, 1.165) is 49.7 Å². The molecule has 1 aromatic carbocycles. The predicted octanol–water partition coefficient (Wildman–Crippen LogP) is 0.603. The van der Waals surface area contributed by atoms with E-state index in [2.05, 4.69) is 22.2 Å². The van der Waals surface area contributed by atoms with Crippen molar-refractivity contribution in [3.63, 3.8) is 0 Å². The molecule has 0 spiro atoms. The van der Waals surface area contributed by atoms with Gasteiger partial charge in [-0.2, -0.15) is 0 Å². The van der Waals surface area contributed by atoms with Gasteiger partial charge >= 0.3 is 0 Å². The Balaban J connectivity index is 1.90. The largest absolute Gasteiger partial charge is 0.497 e. The molecule has 8 nitrogen and oxygen atoms in total. The van der Waals surface area contributed by atoms with E-state index in [1.165, 1.54) is 0 Å². The van der Waals surface area contributed by atoms with Crippen LogP contribution >= 0.6 is 0 Å². The number of piperazine rings is 1. The number of amides is 1. The highest BCUT2D eigenvalue weighted by Gasteiger charge is 2.29. The number of sulfonamides is 1. The quantitative estimate of drug-likeness (QED) is 0.599. The molecule has 1 atom stereocenters. The SMILES string of the molecule is COc1ccc(N([C@H](C)C(=O)NCCCN2CCN(C)CC2)S(C)(=O)=O)cc1. The number of hydrogen-bond donors (Lipinski definition) is 1. The Morgan fingerprint density at radius 3 is 2.36 bits per heavy atom. The summed E-state index contributed by atoms with van der Waals surface area (Å²) in [4.78, 5) is 17.2. The van der Waals surface area contributed by atoms with E-state index in [0.29, 0.717) is 18.0 Å². The maximum Gasteiger partial charge on any atom is 0.243 e. The van der Waals surface area contributed by atoms with Crippen LogP contribution in [0.15, 0.2) is 24.3 Å². The summed E-state index contributed by atoms with van der Waals surface area (Å²) < 4.78 is 30.8. The Morgan fingerprint density at radius 1 is 1.21 bits per heavy atom. The molecule has 28 heavy (non-hydrogen) atoms. The summed E-state index contributed by atoms with van der Waals surface area (Å²) in [6.07, 6.45) is 1.94. The highest BCUT2D eigenvalue weighted by molar-refractivity contribution is 7.92. The number of hydrogen-bond acceptors (Lipinski definition) is 6. The molecule has 1 heterocycles. The van der Waals surface area contributed by atoms with Gasteiger partial charge in [0.2, 0.25) is 15.9 Å². The molecule has 1 aliphatic rings. The summed E-state index contributed by atoms with van der Waals surface area (Å²) in [5.74, 6) is 0.317. The van der Waals surface area contributed by atoms with Gasteiger partial charge < -0.3 is 19.9 Å². The molecule has 1 amide bonds. The van der Waals surface area contributed by atoms with Gasteiger partial charge in [-0.1, -0.05) is 0 Å². The number of carbonyl (C=O) groups is 1. The van der Waals surface area contributed by atoms with Crippen LogP contribution in [0.25, 0.3) is 0 Å². The summed E-state index contributed by atoms with van der Waals surface area (Å²) >= 11 is 0. The minimum atomic E-state index is -3.62. The van der Waals surface area contributed by atoms with E-state index in [4.69, 9.17) is 4.74 Å². The molecule has 9 heteroatoms. The Labute approximate surface area is 168 Å². The number of benzene rings is 1. The number of ether oxygens (including phenoxy) is 1. The maximum atomic E-state index is 12.6. The first-order chi connectivity index (χ1) is 13.2. The molecule has 1 saturated heterocycles. The third-order valence-corrected chi connectivity index (χ3v) is 6.20. The molecule has 0 unspecified atom stereocenters. The highest BCUT2D eigenvalue weighted by atomic mass is 32.2. The molecule has 1 fully saturated rings. The zero-order valence-electron chi connectivity index (χ0n) is 17.2. The number of nitrogens with zero attached hydrogens (tertiary/aromatic N) is 3. The fourth-order valence-electron chi connectivity index (χ4n) is 3.27. The average molecular weight is 413 g/mol. The lowest BCUT2D eigenvalue weighted by Crippen LogP contribution is -2.48. The lowest BCUT2D eigenvalue weighted by molar-refractivity contribution is -0.121. The van der Waals surface area contributed by atoms with Crippen molar-refractivity contribution in [2.24, 2.45) is 0 Å². The van der Waals surface area contributed by atoms with Crippen molar-refractivity contribution in [2.45, 2.75) is 19.4 Å². The summed E-state index contributed by atoms with van der Waals surface area (Å²) in [5, 5.41) is 2.87. The van der Waals surface area contributed by atoms with Crippen molar-refractivity contribution < 1.29 is 17.9 Å². The van der Waals surface area contributed by atoms with Crippen LogP contribution in [-0.2, 0) is 14.8 Å². The van der Waals surface area contributed by atoms with Crippen LogP contribution in [0.4, 0.5) is 5.69 Å². The van der Waals surface area contributed by atoms with Crippen LogP contribution in [0.2, 0.25) is 0 Å². The van der Waals surface area contributed by atoms with Gasteiger partial charge in [-0.25, -0.2) is 8.42 Å². The minimum Gasteiger partial charge on any atom is -0.497 e. The lowest BCUT2D eigenvalue weighted by Gasteiger charge is -2.32. The fraction of sp³-hybridized carbons (Fsp3) is 0.632. The number of carbonyl (C=O) groups excluding carboxylic acids is 1. The third-order valence-electron chi connectivity index (χ3n) is 4.96. The van der Waals surface area contributed by atoms with Crippen molar-refractivity contribution in [3.8, 4) is 5.75 Å². The van der Waals surface area contributed by atoms with E-state index in [9.17, 15) is 13.2 Å². The molecule has 0 aliphatic carbocycles. The molecule has 0 saturated carbocycles. The average Bonchev–Trinajstić information content (AvgIpc) is 2.66. The smallest absolute Gasteiger partial charge is 0.243 e. The van der Waals surface area contributed by atoms with E-state index < -0.39 is 16.1 Å². The Hall–Kier alpha value is -1.84. The molecular formula is C19H32N4O4S. The van der Waals surface area contributed by atoms with E-state index in [1.54, 1.807) is 38.3 Å². The summed E-state index contributed by atoms with van der Waals surface area (Å²) in [5.41, 5.74) is 0.434. The van der Waals surface area contributed by atoms with Gasteiger partial charge in [0, 0.05) is 32.7 Å². The molecular weight excluding hydrogens is 380 g/mol. The first-order valence-corrected chi connectivity index (χ1v) is 11.4. The monoisotopic (exact) mass is 412 g/mol. The number of likely N-dealkylation sites (N-methyl/N-ethyl adjacent to an activating group) is 1. The van der Waals surface area contributed by atoms with Gasteiger partial charge in [-0.05, 0) is 51.2 Å². The normalized spacial score (nSPS) is 17.1. The molecule has 0 aromatic heterocycles. The van der Waals surface area contributed by atoms with Crippen molar-refractivity contribution >= 4 is 21.6 Å². The highest BCUT2D eigenvalue weighted by Crippen LogP contribution is 2.23. The van der Waals surface area contributed by atoms with Crippen molar-refractivity contribution in [3.05, 3.63) is 24.3 Å². The van der Waals surface area contributed by atoms with Gasteiger partial charge in [-0.3, -0.25) is 9.10 Å². The van der Waals surface area contributed by atoms with Crippen molar-refractivity contribution in [1.82, 2.24) is 15.1 Å². The minimum absolute atomic E-state index is 0.306. The maximum absolute atomic E-state index is 12.6. The predicted molar refractivity (Wildman–Crippen MR) is 111 cm³/mol. The Kier molecular flexibility index (Phi) is 8.09. The zero-order valence-corrected chi connectivity index (χ0v) is 18.0. The molecule has 1 aromatic rings. The zero-order chi connectivity index (χ0) is 20.7. The summed E-state index contributed by atoms with van der Waals surface area (Å²) in [6.45, 7) is 7.26. The summed E-state index contributed by atoms with van der Waals surface area (Å²) in [6, 6.07) is 5.78. The summed E-state index contributed by atoms with van der Waals surface area (Å²) in [7, 11) is 0.0476. The van der Waals surface area contributed by atoms with Gasteiger partial charge in [0.15, 0.2) is 0 Å². The van der Waals surface area contributed by atoms with Gasteiger partial charge in [0.05, 0.1) is 19.1 Å². The molecule has 0 radical (unpaired) electrons.